The third kappa shape index (κ3) is 2.58. The third-order valence-electron chi connectivity index (χ3n) is 3.64. The van der Waals surface area contributed by atoms with E-state index in [1.807, 2.05) is 23.1 Å². The quantitative estimate of drug-likeness (QED) is 0.906. The number of anilines is 1. The molecule has 0 saturated heterocycles. The van der Waals surface area contributed by atoms with Gasteiger partial charge in [0.1, 0.15) is 0 Å². The van der Waals surface area contributed by atoms with Gasteiger partial charge in [0.15, 0.2) is 0 Å². The lowest BCUT2D eigenvalue weighted by Gasteiger charge is -2.22. The molecule has 0 unspecified atom stereocenters. The fourth-order valence-corrected chi connectivity index (χ4v) is 2.51. The number of nitrogens with one attached hydrogen (secondary N) is 1. The minimum Gasteiger partial charge on any atom is -0.307 e. The highest BCUT2D eigenvalue weighted by Gasteiger charge is 2.21. The van der Waals surface area contributed by atoms with Gasteiger partial charge in [-0.05, 0) is 24.1 Å². The van der Waals surface area contributed by atoms with Crippen molar-refractivity contribution in [2.75, 3.05) is 11.4 Å². The van der Waals surface area contributed by atoms with Gasteiger partial charge in [-0.1, -0.05) is 48.0 Å². The molecule has 0 fully saturated rings. The van der Waals surface area contributed by atoms with Crippen LogP contribution in [0.5, 0.6) is 0 Å². The van der Waals surface area contributed by atoms with Crippen molar-refractivity contribution in [2.24, 2.45) is 0 Å². The summed E-state index contributed by atoms with van der Waals surface area (Å²) in [5.41, 5.74) is 4.58. The van der Waals surface area contributed by atoms with Gasteiger partial charge in [0.05, 0.1) is 13.1 Å². The van der Waals surface area contributed by atoms with Crippen LogP contribution in [-0.4, -0.2) is 12.5 Å². The topological polar surface area (TPSA) is 32.3 Å². The van der Waals surface area contributed by atoms with Gasteiger partial charge in [-0.25, -0.2) is 0 Å². The minimum atomic E-state index is 0.121. The summed E-state index contributed by atoms with van der Waals surface area (Å²) in [4.78, 5) is 14.2. The van der Waals surface area contributed by atoms with Crippen LogP contribution in [0.4, 0.5) is 5.69 Å². The van der Waals surface area contributed by atoms with E-state index in [-0.39, 0.29) is 5.91 Å². The van der Waals surface area contributed by atoms with E-state index < -0.39 is 0 Å². The van der Waals surface area contributed by atoms with Crippen molar-refractivity contribution in [3.05, 3.63) is 65.2 Å². The number of benzene rings is 2. The molecule has 2 aromatic carbocycles. The molecule has 0 aromatic heterocycles. The van der Waals surface area contributed by atoms with Crippen LogP contribution >= 0.6 is 0 Å². The molecule has 20 heavy (non-hydrogen) atoms. The number of rotatable bonds is 2. The molecule has 0 spiro atoms. The number of hydrogen-bond acceptors (Lipinski definition) is 2. The summed E-state index contributed by atoms with van der Waals surface area (Å²) in [6, 6.07) is 16.4. The standard InChI is InChI=1S/C17H18N2O/c1-13-6-8-14(9-7-13)12-19-16-5-3-2-4-15(16)10-18-11-17(19)20/h2-9,18H,10-12H2,1H3. The Kier molecular flexibility index (Phi) is 3.52. The summed E-state index contributed by atoms with van der Waals surface area (Å²) in [7, 11) is 0. The predicted octanol–water partition coefficient (Wildman–Crippen LogP) is 2.63. The zero-order valence-electron chi connectivity index (χ0n) is 11.6. The largest absolute Gasteiger partial charge is 0.307 e. The molecule has 3 heteroatoms. The monoisotopic (exact) mass is 266 g/mol. The number of carbonyl (C=O) groups is 1. The molecule has 2 aromatic rings. The van der Waals surface area contributed by atoms with Gasteiger partial charge in [-0.15, -0.1) is 0 Å². The molecule has 1 heterocycles. The van der Waals surface area contributed by atoms with E-state index in [1.54, 1.807) is 0 Å². The van der Waals surface area contributed by atoms with Crippen LogP contribution in [0, 0.1) is 6.92 Å². The van der Waals surface area contributed by atoms with Gasteiger partial charge in [0, 0.05) is 12.2 Å². The van der Waals surface area contributed by atoms with Crippen molar-refractivity contribution in [1.29, 1.82) is 0 Å². The van der Waals surface area contributed by atoms with Crippen LogP contribution in [0.15, 0.2) is 48.5 Å². The maximum atomic E-state index is 12.3. The average Bonchev–Trinajstić information content (AvgIpc) is 2.62. The summed E-state index contributed by atoms with van der Waals surface area (Å²) >= 11 is 0. The minimum absolute atomic E-state index is 0.121. The van der Waals surface area contributed by atoms with E-state index in [2.05, 4.69) is 42.6 Å². The van der Waals surface area contributed by atoms with Gasteiger partial charge in [-0.2, -0.15) is 0 Å². The van der Waals surface area contributed by atoms with Crippen LogP contribution in [-0.2, 0) is 17.9 Å². The molecule has 0 radical (unpaired) electrons. The lowest BCUT2D eigenvalue weighted by molar-refractivity contribution is -0.117. The van der Waals surface area contributed by atoms with E-state index in [0.29, 0.717) is 13.1 Å². The van der Waals surface area contributed by atoms with Crippen LogP contribution in [0.2, 0.25) is 0 Å². The Labute approximate surface area is 119 Å². The second-order valence-corrected chi connectivity index (χ2v) is 5.20. The number of aryl methyl sites for hydroxylation is 1. The number of carbonyl (C=O) groups excluding carboxylic acids is 1. The second kappa shape index (κ2) is 5.47. The number of hydrogen-bond donors (Lipinski definition) is 1. The molecule has 1 aliphatic heterocycles. The second-order valence-electron chi connectivity index (χ2n) is 5.20. The highest BCUT2D eigenvalue weighted by molar-refractivity contribution is 5.96. The van der Waals surface area contributed by atoms with E-state index in [4.69, 9.17) is 0 Å². The zero-order valence-corrected chi connectivity index (χ0v) is 11.6. The molecule has 0 saturated carbocycles. The number of amides is 1. The Balaban J connectivity index is 1.94. The summed E-state index contributed by atoms with van der Waals surface area (Å²) in [5, 5.41) is 3.19. The fourth-order valence-electron chi connectivity index (χ4n) is 2.51. The third-order valence-corrected chi connectivity index (χ3v) is 3.64. The highest BCUT2D eigenvalue weighted by Crippen LogP contribution is 2.24. The van der Waals surface area contributed by atoms with Crippen molar-refractivity contribution in [3.63, 3.8) is 0 Å². The van der Waals surface area contributed by atoms with Gasteiger partial charge < -0.3 is 10.2 Å². The van der Waals surface area contributed by atoms with Gasteiger partial charge in [-0.3, -0.25) is 4.79 Å². The molecule has 1 aliphatic rings. The highest BCUT2D eigenvalue weighted by atomic mass is 16.2. The molecular formula is C17H18N2O. The SMILES string of the molecule is Cc1ccc(CN2C(=O)CNCc3ccccc32)cc1. The van der Waals surface area contributed by atoms with Crippen molar-refractivity contribution < 1.29 is 4.79 Å². The first-order valence-electron chi connectivity index (χ1n) is 6.88. The van der Waals surface area contributed by atoms with Crippen molar-refractivity contribution in [2.45, 2.75) is 20.0 Å². The van der Waals surface area contributed by atoms with Gasteiger partial charge >= 0.3 is 0 Å². The van der Waals surface area contributed by atoms with E-state index >= 15 is 0 Å². The summed E-state index contributed by atoms with van der Waals surface area (Å²) in [6.45, 7) is 3.82. The van der Waals surface area contributed by atoms with Crippen molar-refractivity contribution in [3.8, 4) is 0 Å². The molecule has 0 atom stereocenters. The maximum absolute atomic E-state index is 12.3. The Bertz CT molecular complexity index is 619. The molecule has 1 amide bonds. The summed E-state index contributed by atoms with van der Waals surface area (Å²) < 4.78 is 0. The van der Waals surface area contributed by atoms with Gasteiger partial charge in [0.25, 0.3) is 0 Å². The van der Waals surface area contributed by atoms with Crippen LogP contribution in [0.3, 0.4) is 0 Å². The van der Waals surface area contributed by atoms with Crippen LogP contribution in [0.1, 0.15) is 16.7 Å². The van der Waals surface area contributed by atoms with Crippen LogP contribution < -0.4 is 10.2 Å². The molecular weight excluding hydrogens is 248 g/mol. The van der Waals surface area contributed by atoms with Crippen molar-refractivity contribution >= 4 is 11.6 Å². The first kappa shape index (κ1) is 12.9. The summed E-state index contributed by atoms with van der Waals surface area (Å²) in [5.74, 6) is 0.121. The van der Waals surface area contributed by atoms with Crippen LogP contribution in [0.25, 0.3) is 0 Å². The first-order valence-corrected chi connectivity index (χ1v) is 6.88. The lowest BCUT2D eigenvalue weighted by atomic mass is 10.1. The Morgan fingerprint density at radius 2 is 1.80 bits per heavy atom. The number of fused-ring (bicyclic) bond motifs is 1. The number of nitrogens with zero attached hydrogens (tertiary/aromatic N) is 1. The van der Waals surface area contributed by atoms with E-state index in [9.17, 15) is 4.79 Å². The van der Waals surface area contributed by atoms with E-state index in [0.717, 1.165) is 17.8 Å². The Hall–Kier alpha value is -2.13. The fraction of sp³-hybridized carbons (Fsp3) is 0.235. The molecule has 1 N–H and O–H groups in total. The Morgan fingerprint density at radius 3 is 2.60 bits per heavy atom. The smallest absolute Gasteiger partial charge is 0.241 e. The normalized spacial score (nSPS) is 14.8. The van der Waals surface area contributed by atoms with Gasteiger partial charge in [0.2, 0.25) is 5.91 Å². The summed E-state index contributed by atoms with van der Waals surface area (Å²) in [6.07, 6.45) is 0. The first-order chi connectivity index (χ1) is 9.74. The molecule has 0 aliphatic carbocycles. The average molecular weight is 266 g/mol. The Morgan fingerprint density at radius 1 is 1.05 bits per heavy atom. The molecule has 102 valence electrons. The molecule has 3 nitrogen and oxygen atoms in total. The predicted molar refractivity (Wildman–Crippen MR) is 80.5 cm³/mol. The number of para-hydroxylation sites is 1. The lowest BCUT2D eigenvalue weighted by Crippen LogP contribution is -2.35. The molecule has 0 bridgehead atoms. The van der Waals surface area contributed by atoms with Crippen molar-refractivity contribution in [1.82, 2.24) is 5.32 Å². The molecule has 3 rings (SSSR count). The zero-order chi connectivity index (χ0) is 13.9. The van der Waals surface area contributed by atoms with E-state index in [1.165, 1.54) is 11.1 Å². The maximum Gasteiger partial charge on any atom is 0.241 e.